The largest absolute Gasteiger partial charge is 0.345 e. The summed E-state index contributed by atoms with van der Waals surface area (Å²) in [6.45, 7) is 2.75. The highest BCUT2D eigenvalue weighted by atomic mass is 32.1. The van der Waals surface area contributed by atoms with Gasteiger partial charge in [0, 0.05) is 12.4 Å². The van der Waals surface area contributed by atoms with E-state index in [-0.39, 0.29) is 5.82 Å². The number of aromatic nitrogens is 4. The highest BCUT2D eigenvalue weighted by Gasteiger charge is 2.15. The van der Waals surface area contributed by atoms with Crippen molar-refractivity contribution in [2.75, 3.05) is 0 Å². The van der Waals surface area contributed by atoms with Crippen molar-refractivity contribution in [3.63, 3.8) is 0 Å². The second-order valence-electron chi connectivity index (χ2n) is 6.49. The number of halogens is 1. The molecule has 0 radical (unpaired) electrons. The van der Waals surface area contributed by atoms with Crippen molar-refractivity contribution in [2.45, 2.75) is 13.5 Å². The van der Waals surface area contributed by atoms with E-state index in [1.165, 1.54) is 16.3 Å². The maximum absolute atomic E-state index is 14.0. The third kappa shape index (κ3) is 2.98. The molecule has 3 heterocycles. The van der Waals surface area contributed by atoms with E-state index >= 15 is 0 Å². The van der Waals surface area contributed by atoms with E-state index in [2.05, 4.69) is 35.1 Å². The highest BCUT2D eigenvalue weighted by Crippen LogP contribution is 2.27. The lowest BCUT2D eigenvalue weighted by atomic mass is 10.2. The lowest BCUT2D eigenvalue weighted by Gasteiger charge is -2.05. The van der Waals surface area contributed by atoms with Crippen LogP contribution in [-0.2, 0) is 6.54 Å². The first-order valence-corrected chi connectivity index (χ1v) is 9.42. The average Bonchev–Trinajstić information content (AvgIpc) is 3.24. The molecule has 27 heavy (non-hydrogen) atoms. The zero-order valence-corrected chi connectivity index (χ0v) is 15.4. The van der Waals surface area contributed by atoms with Crippen molar-refractivity contribution >= 4 is 21.6 Å². The number of nitrogens with zero attached hydrogens (tertiary/aromatic N) is 4. The second-order valence-corrected chi connectivity index (χ2v) is 7.61. The maximum Gasteiger partial charge on any atom is 0.163 e. The van der Waals surface area contributed by atoms with Gasteiger partial charge in [-0.25, -0.2) is 19.3 Å². The zero-order chi connectivity index (χ0) is 18.4. The first-order chi connectivity index (χ1) is 13.2. The van der Waals surface area contributed by atoms with Gasteiger partial charge in [0.2, 0.25) is 0 Å². The zero-order valence-electron chi connectivity index (χ0n) is 14.6. The fourth-order valence-electron chi connectivity index (χ4n) is 3.12. The van der Waals surface area contributed by atoms with Crippen LogP contribution >= 0.6 is 11.3 Å². The van der Waals surface area contributed by atoms with Crippen LogP contribution in [0.5, 0.6) is 0 Å². The fourth-order valence-corrected chi connectivity index (χ4v) is 4.19. The third-order valence-corrected chi connectivity index (χ3v) is 5.45. The molecular formula is C21H15FN4S. The molecule has 0 saturated carbocycles. The number of rotatable bonds is 3. The van der Waals surface area contributed by atoms with Crippen LogP contribution in [0.3, 0.4) is 0 Å². The van der Waals surface area contributed by atoms with Crippen molar-refractivity contribution in [2.24, 2.45) is 0 Å². The third-order valence-electron chi connectivity index (χ3n) is 4.45. The molecule has 0 saturated heterocycles. The molecule has 0 amide bonds. The lowest BCUT2D eigenvalue weighted by Crippen LogP contribution is -2.00. The minimum absolute atomic E-state index is 0.314. The summed E-state index contributed by atoms with van der Waals surface area (Å²) < 4.78 is 17.2. The molecule has 5 rings (SSSR count). The summed E-state index contributed by atoms with van der Waals surface area (Å²) in [5.41, 5.74) is 4.18. The molecule has 0 fully saturated rings. The van der Waals surface area contributed by atoms with E-state index < -0.39 is 0 Å². The van der Waals surface area contributed by atoms with Gasteiger partial charge in [0.25, 0.3) is 0 Å². The Morgan fingerprint density at radius 1 is 1.00 bits per heavy atom. The number of hydrogen-bond acceptors (Lipinski definition) is 4. The summed E-state index contributed by atoms with van der Waals surface area (Å²) in [4.78, 5) is 13.7. The van der Waals surface area contributed by atoms with Crippen LogP contribution in [0, 0.1) is 12.7 Å². The molecule has 0 aliphatic carbocycles. The first kappa shape index (κ1) is 16.1. The Bertz CT molecular complexity index is 1240. The topological polar surface area (TPSA) is 43.6 Å². The number of pyridine rings is 1. The highest BCUT2D eigenvalue weighted by molar-refractivity contribution is 7.18. The Hall–Kier alpha value is -3.12. The Morgan fingerprint density at radius 2 is 1.85 bits per heavy atom. The van der Waals surface area contributed by atoms with E-state index in [4.69, 9.17) is 4.98 Å². The predicted octanol–water partition coefficient (Wildman–Crippen LogP) is 5.16. The summed E-state index contributed by atoms with van der Waals surface area (Å²) in [7, 11) is 0. The van der Waals surface area contributed by atoms with Gasteiger partial charge >= 0.3 is 0 Å². The standard InChI is InChI=1S/C21H15FN4S/c1-13-6-7-17-19(10-13)27-20(23-17)12-26-9-8-16-18(11-26)25-21(24-16)14-4-2-3-5-15(14)22/h2-11H,12H2,1H3. The van der Waals surface area contributed by atoms with Crippen LogP contribution in [0.1, 0.15) is 10.6 Å². The normalized spacial score (nSPS) is 11.5. The van der Waals surface area contributed by atoms with Gasteiger partial charge in [-0.1, -0.05) is 18.2 Å². The SMILES string of the molecule is Cc1ccc2nc(Cn3ccc4nc(-c5ccccc5F)nc-4c3)sc2c1. The van der Waals surface area contributed by atoms with E-state index in [0.717, 1.165) is 21.9 Å². The Kier molecular flexibility index (Phi) is 3.72. The van der Waals surface area contributed by atoms with Crippen LogP contribution in [-0.4, -0.2) is 19.5 Å². The van der Waals surface area contributed by atoms with Crippen molar-refractivity contribution in [3.05, 3.63) is 77.3 Å². The molecule has 0 unspecified atom stereocenters. The molecule has 0 spiro atoms. The summed E-state index contributed by atoms with van der Waals surface area (Å²) >= 11 is 1.70. The van der Waals surface area contributed by atoms with Gasteiger partial charge in [-0.05, 0) is 42.8 Å². The molecule has 3 aromatic rings. The van der Waals surface area contributed by atoms with Crippen LogP contribution in [0.25, 0.3) is 33.0 Å². The van der Waals surface area contributed by atoms with Gasteiger partial charge in [-0.15, -0.1) is 11.3 Å². The minimum atomic E-state index is -0.314. The lowest BCUT2D eigenvalue weighted by molar-refractivity contribution is 0.630. The van der Waals surface area contributed by atoms with Gasteiger partial charge in [0.15, 0.2) is 5.82 Å². The van der Waals surface area contributed by atoms with E-state index in [1.807, 2.05) is 23.0 Å². The van der Waals surface area contributed by atoms with Crippen LogP contribution < -0.4 is 0 Å². The number of thiazole rings is 1. The Labute approximate surface area is 159 Å². The predicted molar refractivity (Wildman–Crippen MR) is 105 cm³/mol. The molecule has 0 atom stereocenters. The minimum Gasteiger partial charge on any atom is -0.345 e. The first-order valence-electron chi connectivity index (χ1n) is 8.60. The second kappa shape index (κ2) is 6.25. The monoisotopic (exact) mass is 374 g/mol. The molecule has 2 aliphatic heterocycles. The van der Waals surface area contributed by atoms with Gasteiger partial charge in [-0.2, -0.15) is 0 Å². The maximum atomic E-state index is 14.0. The molecule has 0 bridgehead atoms. The van der Waals surface area contributed by atoms with E-state index in [1.54, 1.807) is 29.5 Å². The van der Waals surface area contributed by atoms with Crippen molar-refractivity contribution < 1.29 is 4.39 Å². The van der Waals surface area contributed by atoms with Crippen molar-refractivity contribution in [3.8, 4) is 22.8 Å². The Balaban J connectivity index is 1.49. The number of fused-ring (bicyclic) bond motifs is 2. The number of hydrogen-bond donors (Lipinski definition) is 0. The summed E-state index contributed by atoms with van der Waals surface area (Å²) in [6, 6.07) is 14.8. The number of benzene rings is 2. The molecule has 2 aromatic carbocycles. The molecule has 132 valence electrons. The van der Waals surface area contributed by atoms with Crippen LogP contribution in [0.2, 0.25) is 0 Å². The summed E-state index contributed by atoms with van der Waals surface area (Å²) in [6.07, 6.45) is 3.89. The quantitative estimate of drug-likeness (QED) is 0.438. The summed E-state index contributed by atoms with van der Waals surface area (Å²) in [5.74, 6) is 0.0989. The number of aryl methyl sites for hydroxylation is 1. The van der Waals surface area contributed by atoms with Crippen LogP contribution in [0.15, 0.2) is 60.9 Å². The van der Waals surface area contributed by atoms with Gasteiger partial charge in [0.1, 0.15) is 16.5 Å². The van der Waals surface area contributed by atoms with Crippen molar-refractivity contribution in [1.29, 1.82) is 0 Å². The van der Waals surface area contributed by atoms with Crippen molar-refractivity contribution in [1.82, 2.24) is 19.5 Å². The number of imidazole rings is 1. The molecule has 0 N–H and O–H groups in total. The fraction of sp³-hybridized carbons (Fsp3) is 0.0952. The van der Waals surface area contributed by atoms with E-state index in [9.17, 15) is 4.39 Å². The molecular weight excluding hydrogens is 359 g/mol. The molecule has 1 aromatic heterocycles. The van der Waals surface area contributed by atoms with E-state index in [0.29, 0.717) is 17.9 Å². The smallest absolute Gasteiger partial charge is 0.163 e. The van der Waals surface area contributed by atoms with Gasteiger partial charge in [0.05, 0.1) is 28.0 Å². The molecule has 2 aliphatic rings. The van der Waals surface area contributed by atoms with Crippen LogP contribution in [0.4, 0.5) is 4.39 Å². The molecule has 4 nitrogen and oxygen atoms in total. The molecule has 6 heteroatoms. The van der Waals surface area contributed by atoms with Gasteiger partial charge < -0.3 is 4.57 Å². The van der Waals surface area contributed by atoms with Gasteiger partial charge in [-0.3, -0.25) is 0 Å². The Morgan fingerprint density at radius 3 is 2.74 bits per heavy atom. The average molecular weight is 374 g/mol. The summed E-state index contributed by atoms with van der Waals surface area (Å²) in [5, 5.41) is 1.04.